The van der Waals surface area contributed by atoms with Crippen LogP contribution in [-0.2, 0) is 9.47 Å². The maximum Gasteiger partial charge on any atom is 0.407 e. The zero-order chi connectivity index (χ0) is 19.5. The third-order valence-electron chi connectivity index (χ3n) is 5.45. The quantitative estimate of drug-likeness (QED) is 0.638. The number of pyridine rings is 1. The number of alkyl carbamates (subject to hydrolysis) is 1. The molecule has 2 aromatic heterocycles. The van der Waals surface area contributed by atoms with Gasteiger partial charge >= 0.3 is 6.09 Å². The highest BCUT2D eigenvalue weighted by Gasteiger charge is 2.30. The highest BCUT2D eigenvalue weighted by atomic mass is 16.6. The molecule has 0 unspecified atom stereocenters. The van der Waals surface area contributed by atoms with Crippen LogP contribution in [-0.4, -0.2) is 40.0 Å². The summed E-state index contributed by atoms with van der Waals surface area (Å²) in [5.74, 6) is 1.08. The van der Waals surface area contributed by atoms with Crippen LogP contribution < -0.4 is 10.6 Å². The molecule has 3 heterocycles. The summed E-state index contributed by atoms with van der Waals surface area (Å²) in [5.41, 5.74) is 2.84. The summed E-state index contributed by atoms with van der Waals surface area (Å²) in [6, 6.07) is 5.90. The summed E-state index contributed by atoms with van der Waals surface area (Å²) >= 11 is 0. The number of aromatic amines is 1. The van der Waals surface area contributed by atoms with Crippen molar-refractivity contribution < 1.29 is 14.3 Å². The van der Waals surface area contributed by atoms with Crippen LogP contribution in [0.4, 0.5) is 16.3 Å². The Labute approximate surface area is 164 Å². The van der Waals surface area contributed by atoms with Crippen molar-refractivity contribution in [3.63, 3.8) is 0 Å². The molecule has 3 N–H and O–H groups in total. The van der Waals surface area contributed by atoms with Gasteiger partial charge in [-0.1, -0.05) is 0 Å². The van der Waals surface area contributed by atoms with E-state index >= 15 is 0 Å². The van der Waals surface area contributed by atoms with E-state index < -0.39 is 0 Å². The number of aromatic nitrogens is 3. The molecule has 0 spiro atoms. The molecule has 1 fully saturated rings. The molecule has 0 saturated heterocycles. The molecule has 8 heteroatoms. The lowest BCUT2D eigenvalue weighted by Gasteiger charge is -2.19. The molecule has 28 heavy (non-hydrogen) atoms. The Hall–Kier alpha value is -2.61. The number of ether oxygens (including phenoxy) is 2. The first-order valence-corrected chi connectivity index (χ1v) is 9.94. The average molecular weight is 385 g/mol. The molecule has 150 valence electrons. The predicted molar refractivity (Wildman–Crippen MR) is 105 cm³/mol. The van der Waals surface area contributed by atoms with Gasteiger partial charge in [0.25, 0.3) is 0 Å². The number of carbonyl (C=O) groups is 1. The van der Waals surface area contributed by atoms with Crippen LogP contribution >= 0.6 is 0 Å². The lowest BCUT2D eigenvalue weighted by Crippen LogP contribution is -2.35. The van der Waals surface area contributed by atoms with Crippen molar-refractivity contribution in [2.75, 3.05) is 11.9 Å². The standard InChI is InChI=1S/C20H27N5O3/c1-12-6-8-27-13(2)17-10-15(5-7-21-17)23-19-11-18(24-25-19)14-3-4-16(9-14)28-20(26)22-12/h5,7,10-14,16H,3-4,6,8-9H2,1-2H3,(H,22,26)(H2,23,24,25)/t12-,13+,14-,16+/m0/s1. The van der Waals surface area contributed by atoms with Gasteiger partial charge in [-0.05, 0) is 51.7 Å². The minimum absolute atomic E-state index is 0.0214. The number of rotatable bonds is 0. The fraction of sp³-hybridized carbons (Fsp3) is 0.550. The fourth-order valence-electron chi connectivity index (χ4n) is 3.80. The smallest absolute Gasteiger partial charge is 0.407 e. The monoisotopic (exact) mass is 385 g/mol. The van der Waals surface area contributed by atoms with Crippen molar-refractivity contribution in [2.45, 2.75) is 63.7 Å². The van der Waals surface area contributed by atoms with Gasteiger partial charge in [-0.25, -0.2) is 4.79 Å². The van der Waals surface area contributed by atoms with E-state index in [0.717, 1.165) is 42.2 Å². The van der Waals surface area contributed by atoms with Gasteiger partial charge < -0.3 is 20.1 Å². The van der Waals surface area contributed by atoms with Gasteiger partial charge in [0.1, 0.15) is 6.10 Å². The molecular formula is C20H27N5O3. The van der Waals surface area contributed by atoms with Crippen LogP contribution in [0.3, 0.4) is 0 Å². The topological polar surface area (TPSA) is 101 Å². The van der Waals surface area contributed by atoms with Gasteiger partial charge in [0.2, 0.25) is 0 Å². The van der Waals surface area contributed by atoms with Crippen molar-refractivity contribution >= 4 is 17.6 Å². The number of H-pyrrole nitrogens is 1. The number of anilines is 2. The highest BCUT2D eigenvalue weighted by molar-refractivity contribution is 5.67. The van der Waals surface area contributed by atoms with Gasteiger partial charge in [0, 0.05) is 42.2 Å². The Bertz CT molecular complexity index is 824. The molecule has 4 rings (SSSR count). The van der Waals surface area contributed by atoms with Crippen molar-refractivity contribution in [2.24, 2.45) is 0 Å². The fourth-order valence-corrected chi connectivity index (χ4v) is 3.80. The van der Waals surface area contributed by atoms with Gasteiger partial charge in [-0.3, -0.25) is 10.1 Å². The summed E-state index contributed by atoms with van der Waals surface area (Å²) in [4.78, 5) is 16.6. The third-order valence-corrected chi connectivity index (χ3v) is 5.45. The second-order valence-corrected chi connectivity index (χ2v) is 7.69. The number of hydrogen-bond acceptors (Lipinski definition) is 6. The molecule has 2 aliphatic rings. The van der Waals surface area contributed by atoms with E-state index in [-0.39, 0.29) is 24.3 Å². The summed E-state index contributed by atoms with van der Waals surface area (Å²) in [7, 11) is 0. The van der Waals surface area contributed by atoms with E-state index in [4.69, 9.17) is 9.47 Å². The third kappa shape index (κ3) is 4.44. The molecule has 0 aromatic carbocycles. The van der Waals surface area contributed by atoms with Crippen LogP contribution in [0.1, 0.15) is 62.9 Å². The van der Waals surface area contributed by atoms with Crippen molar-refractivity contribution in [1.29, 1.82) is 0 Å². The molecule has 0 radical (unpaired) electrons. The Kier molecular flexibility index (Phi) is 5.47. The molecule has 4 atom stereocenters. The van der Waals surface area contributed by atoms with E-state index in [1.54, 1.807) is 6.20 Å². The molecule has 1 aliphatic heterocycles. The Morgan fingerprint density at radius 2 is 2.07 bits per heavy atom. The molecule has 1 aliphatic carbocycles. The van der Waals surface area contributed by atoms with E-state index in [1.807, 2.05) is 32.0 Å². The number of amides is 1. The Balaban J connectivity index is 1.55. The molecule has 6 bridgehead atoms. The molecule has 8 nitrogen and oxygen atoms in total. The first-order chi connectivity index (χ1) is 13.6. The number of carbonyl (C=O) groups excluding carboxylic acids is 1. The lowest BCUT2D eigenvalue weighted by atomic mass is 10.0. The average Bonchev–Trinajstić information content (AvgIpc) is 3.30. The number of hydrogen-bond donors (Lipinski definition) is 3. The second kappa shape index (κ2) is 8.18. The van der Waals surface area contributed by atoms with Crippen molar-refractivity contribution in [3.05, 3.63) is 35.8 Å². The van der Waals surface area contributed by atoms with Crippen LogP contribution in [0.5, 0.6) is 0 Å². The first-order valence-electron chi connectivity index (χ1n) is 9.94. The van der Waals surface area contributed by atoms with Gasteiger partial charge in [-0.15, -0.1) is 0 Å². The summed E-state index contributed by atoms with van der Waals surface area (Å²) < 4.78 is 11.5. The maximum absolute atomic E-state index is 12.2. The first kappa shape index (κ1) is 18.7. The molecular weight excluding hydrogens is 358 g/mol. The number of fused-ring (bicyclic) bond motifs is 7. The normalized spacial score (nSPS) is 28.4. The predicted octanol–water partition coefficient (Wildman–Crippen LogP) is 3.78. The number of nitrogens with one attached hydrogen (secondary N) is 3. The Morgan fingerprint density at radius 1 is 1.18 bits per heavy atom. The largest absolute Gasteiger partial charge is 0.446 e. The van der Waals surface area contributed by atoms with E-state index in [2.05, 4.69) is 25.8 Å². The van der Waals surface area contributed by atoms with E-state index in [1.165, 1.54) is 0 Å². The van der Waals surface area contributed by atoms with Gasteiger partial charge in [-0.2, -0.15) is 5.10 Å². The summed E-state index contributed by atoms with van der Waals surface area (Å²) in [5, 5.41) is 13.7. The van der Waals surface area contributed by atoms with E-state index in [9.17, 15) is 4.79 Å². The lowest BCUT2D eigenvalue weighted by molar-refractivity contribution is 0.0552. The second-order valence-electron chi connectivity index (χ2n) is 7.69. The van der Waals surface area contributed by atoms with Crippen molar-refractivity contribution in [3.8, 4) is 0 Å². The highest BCUT2D eigenvalue weighted by Crippen LogP contribution is 2.36. The zero-order valence-corrected chi connectivity index (χ0v) is 16.3. The van der Waals surface area contributed by atoms with Gasteiger partial charge in [0.05, 0.1) is 11.8 Å². The molecule has 2 aromatic rings. The van der Waals surface area contributed by atoms with Crippen LogP contribution in [0.15, 0.2) is 24.4 Å². The SMILES string of the molecule is C[C@H]1CCO[C@H](C)c2cc(ccn2)Nc2cc([nH]n2)[C@H]2CC[C@H](C2)OC(=O)N1. The maximum atomic E-state index is 12.2. The van der Waals surface area contributed by atoms with Crippen LogP contribution in [0, 0.1) is 0 Å². The minimum Gasteiger partial charge on any atom is -0.446 e. The zero-order valence-electron chi connectivity index (χ0n) is 16.3. The van der Waals surface area contributed by atoms with E-state index in [0.29, 0.717) is 18.9 Å². The molecule has 1 saturated carbocycles. The number of nitrogens with zero attached hydrogens (tertiary/aromatic N) is 2. The van der Waals surface area contributed by atoms with Crippen LogP contribution in [0.2, 0.25) is 0 Å². The van der Waals surface area contributed by atoms with Gasteiger partial charge in [0.15, 0.2) is 5.82 Å². The minimum atomic E-state index is -0.353. The summed E-state index contributed by atoms with van der Waals surface area (Å²) in [6.45, 7) is 4.46. The van der Waals surface area contributed by atoms with Crippen molar-refractivity contribution in [1.82, 2.24) is 20.5 Å². The Morgan fingerprint density at radius 3 is 2.96 bits per heavy atom. The molecule has 1 amide bonds. The van der Waals surface area contributed by atoms with Crippen LogP contribution in [0.25, 0.3) is 0 Å². The summed E-state index contributed by atoms with van der Waals surface area (Å²) in [6.07, 6.45) is 4.56.